The van der Waals surface area contributed by atoms with E-state index in [4.69, 9.17) is 5.26 Å². The van der Waals surface area contributed by atoms with Crippen molar-refractivity contribution in [3.63, 3.8) is 0 Å². The average Bonchev–Trinajstić information content (AvgIpc) is 2.17. The molecule has 0 radical (unpaired) electrons. The lowest BCUT2D eigenvalue weighted by atomic mass is 9.96. The Kier molecular flexibility index (Phi) is 4.74. The minimum Gasteiger partial charge on any atom is -0.325 e. The molecule has 16 heavy (non-hydrogen) atoms. The van der Waals surface area contributed by atoms with Crippen molar-refractivity contribution in [2.24, 2.45) is 11.8 Å². The molecule has 0 saturated heterocycles. The molecule has 0 bridgehead atoms. The molecule has 1 unspecified atom stereocenters. The van der Waals surface area contributed by atoms with Gasteiger partial charge >= 0.3 is 0 Å². The molecular weight excluding hydrogens is 315 g/mol. The molecule has 4 heteroatoms. The second kappa shape index (κ2) is 5.85. The minimum atomic E-state index is -0.599. The maximum Gasteiger partial charge on any atom is 0.241 e. The van der Waals surface area contributed by atoms with Crippen LogP contribution in [-0.2, 0) is 4.79 Å². The Bertz CT molecular complexity index is 423. The summed E-state index contributed by atoms with van der Waals surface area (Å²) in [6.45, 7) is 3.73. The van der Waals surface area contributed by atoms with Crippen molar-refractivity contribution in [3.05, 3.63) is 27.8 Å². The molecule has 3 nitrogen and oxygen atoms in total. The molecule has 84 valence electrons. The van der Waals surface area contributed by atoms with E-state index in [0.29, 0.717) is 0 Å². The van der Waals surface area contributed by atoms with Gasteiger partial charge in [-0.25, -0.2) is 0 Å². The molecule has 1 aromatic carbocycles. The Morgan fingerprint density at radius 3 is 2.69 bits per heavy atom. The van der Waals surface area contributed by atoms with E-state index in [1.165, 1.54) is 0 Å². The Morgan fingerprint density at radius 1 is 1.50 bits per heavy atom. The predicted octanol–water partition coefficient (Wildman–Crippen LogP) is 3.03. The summed E-state index contributed by atoms with van der Waals surface area (Å²) in [5.41, 5.74) is 0.734. The SMILES string of the molecule is CC(C)C(C#N)C(=O)Nc1cccc(I)c1. The van der Waals surface area contributed by atoms with Crippen LogP contribution in [-0.4, -0.2) is 5.91 Å². The van der Waals surface area contributed by atoms with Gasteiger partial charge in [-0.05, 0) is 46.7 Å². The van der Waals surface area contributed by atoms with Gasteiger partial charge in [0, 0.05) is 9.26 Å². The van der Waals surface area contributed by atoms with Gasteiger partial charge in [-0.1, -0.05) is 19.9 Å². The fourth-order valence-electron chi connectivity index (χ4n) is 1.30. The quantitative estimate of drug-likeness (QED) is 0.867. The van der Waals surface area contributed by atoms with E-state index < -0.39 is 5.92 Å². The molecular formula is C12H13IN2O. The van der Waals surface area contributed by atoms with E-state index in [0.717, 1.165) is 9.26 Å². The first-order valence-corrected chi connectivity index (χ1v) is 6.08. The number of hydrogen-bond donors (Lipinski definition) is 1. The van der Waals surface area contributed by atoms with Crippen molar-refractivity contribution in [2.45, 2.75) is 13.8 Å². The van der Waals surface area contributed by atoms with Crippen molar-refractivity contribution in [3.8, 4) is 6.07 Å². The van der Waals surface area contributed by atoms with Crippen LogP contribution in [0.25, 0.3) is 0 Å². The summed E-state index contributed by atoms with van der Waals surface area (Å²) in [6, 6.07) is 9.52. The van der Waals surface area contributed by atoms with Crippen molar-refractivity contribution >= 4 is 34.2 Å². The largest absolute Gasteiger partial charge is 0.325 e. The molecule has 0 aliphatic heterocycles. The second-order valence-electron chi connectivity index (χ2n) is 3.85. The van der Waals surface area contributed by atoms with E-state index in [1.54, 1.807) is 0 Å². The zero-order valence-corrected chi connectivity index (χ0v) is 11.4. The van der Waals surface area contributed by atoms with Gasteiger partial charge in [0.2, 0.25) is 5.91 Å². The van der Waals surface area contributed by atoms with Gasteiger partial charge in [-0.3, -0.25) is 4.79 Å². The highest BCUT2D eigenvalue weighted by molar-refractivity contribution is 14.1. The van der Waals surface area contributed by atoms with E-state index in [2.05, 4.69) is 27.9 Å². The van der Waals surface area contributed by atoms with Crippen LogP contribution in [0.1, 0.15) is 13.8 Å². The monoisotopic (exact) mass is 328 g/mol. The van der Waals surface area contributed by atoms with Crippen LogP contribution in [0, 0.1) is 26.7 Å². The van der Waals surface area contributed by atoms with E-state index in [-0.39, 0.29) is 11.8 Å². The van der Waals surface area contributed by atoms with Crippen molar-refractivity contribution in [1.29, 1.82) is 5.26 Å². The zero-order chi connectivity index (χ0) is 12.1. The maximum absolute atomic E-state index is 11.8. The van der Waals surface area contributed by atoms with Gasteiger partial charge in [0.05, 0.1) is 6.07 Å². The third-order valence-electron chi connectivity index (χ3n) is 2.18. The molecule has 0 aliphatic carbocycles. The Balaban J connectivity index is 2.75. The molecule has 0 heterocycles. The highest BCUT2D eigenvalue weighted by Gasteiger charge is 2.21. The van der Waals surface area contributed by atoms with Gasteiger partial charge in [-0.15, -0.1) is 0 Å². The number of nitrogens with zero attached hydrogens (tertiary/aromatic N) is 1. The molecule has 0 aromatic heterocycles. The number of carbonyl (C=O) groups excluding carboxylic acids is 1. The van der Waals surface area contributed by atoms with Gasteiger partial charge in [-0.2, -0.15) is 5.26 Å². The van der Waals surface area contributed by atoms with Crippen LogP contribution in [0.2, 0.25) is 0 Å². The molecule has 0 saturated carbocycles. The Morgan fingerprint density at radius 2 is 2.19 bits per heavy atom. The average molecular weight is 328 g/mol. The van der Waals surface area contributed by atoms with Crippen LogP contribution in [0.15, 0.2) is 24.3 Å². The summed E-state index contributed by atoms with van der Waals surface area (Å²) in [4.78, 5) is 11.8. The number of carbonyl (C=O) groups is 1. The zero-order valence-electron chi connectivity index (χ0n) is 9.20. The second-order valence-corrected chi connectivity index (χ2v) is 5.10. The maximum atomic E-state index is 11.8. The Hall–Kier alpha value is -1.09. The van der Waals surface area contributed by atoms with Crippen LogP contribution < -0.4 is 5.32 Å². The molecule has 1 rings (SSSR count). The first-order chi connectivity index (χ1) is 7.54. The fourth-order valence-corrected chi connectivity index (χ4v) is 1.84. The predicted molar refractivity (Wildman–Crippen MR) is 71.7 cm³/mol. The van der Waals surface area contributed by atoms with Crippen LogP contribution >= 0.6 is 22.6 Å². The number of hydrogen-bond acceptors (Lipinski definition) is 2. The van der Waals surface area contributed by atoms with E-state index in [1.807, 2.05) is 44.2 Å². The number of rotatable bonds is 3. The van der Waals surface area contributed by atoms with Gasteiger partial charge in [0.1, 0.15) is 5.92 Å². The lowest BCUT2D eigenvalue weighted by molar-refractivity contribution is -0.119. The van der Waals surface area contributed by atoms with Gasteiger partial charge < -0.3 is 5.32 Å². The molecule has 1 amide bonds. The fraction of sp³-hybridized carbons (Fsp3) is 0.333. The third-order valence-corrected chi connectivity index (χ3v) is 2.85. The van der Waals surface area contributed by atoms with Crippen LogP contribution in [0.5, 0.6) is 0 Å². The van der Waals surface area contributed by atoms with Gasteiger partial charge in [0.15, 0.2) is 0 Å². The number of nitrogens with one attached hydrogen (secondary N) is 1. The summed E-state index contributed by atoms with van der Waals surface area (Å²) in [5, 5.41) is 11.6. The molecule has 1 aromatic rings. The first-order valence-electron chi connectivity index (χ1n) is 5.00. The smallest absolute Gasteiger partial charge is 0.241 e. The van der Waals surface area contributed by atoms with Crippen LogP contribution in [0.3, 0.4) is 0 Å². The highest BCUT2D eigenvalue weighted by atomic mass is 127. The summed E-state index contributed by atoms with van der Waals surface area (Å²) in [6.07, 6.45) is 0. The number of halogens is 1. The number of nitriles is 1. The topological polar surface area (TPSA) is 52.9 Å². The molecule has 0 aliphatic rings. The van der Waals surface area contributed by atoms with Crippen molar-refractivity contribution < 1.29 is 4.79 Å². The number of anilines is 1. The molecule has 0 spiro atoms. The van der Waals surface area contributed by atoms with Gasteiger partial charge in [0.25, 0.3) is 0 Å². The standard InChI is InChI=1S/C12H13IN2O/c1-8(2)11(7-14)12(16)15-10-5-3-4-9(13)6-10/h3-6,8,11H,1-2H3,(H,15,16). The number of benzene rings is 1. The highest BCUT2D eigenvalue weighted by Crippen LogP contribution is 2.16. The summed E-state index contributed by atoms with van der Waals surface area (Å²) < 4.78 is 1.05. The normalized spacial score (nSPS) is 11.9. The molecule has 1 N–H and O–H groups in total. The van der Waals surface area contributed by atoms with Crippen LogP contribution in [0.4, 0.5) is 5.69 Å². The minimum absolute atomic E-state index is 0.0211. The third kappa shape index (κ3) is 3.49. The lowest BCUT2D eigenvalue weighted by Gasteiger charge is -2.13. The molecule has 0 fully saturated rings. The number of amides is 1. The summed E-state index contributed by atoms with van der Waals surface area (Å²) in [5.74, 6) is -0.815. The summed E-state index contributed by atoms with van der Waals surface area (Å²) >= 11 is 2.18. The first kappa shape index (κ1) is 13.0. The van der Waals surface area contributed by atoms with Crippen molar-refractivity contribution in [2.75, 3.05) is 5.32 Å². The van der Waals surface area contributed by atoms with Crippen molar-refractivity contribution in [1.82, 2.24) is 0 Å². The molecule has 1 atom stereocenters. The summed E-state index contributed by atoms with van der Waals surface area (Å²) in [7, 11) is 0. The van der Waals surface area contributed by atoms with E-state index >= 15 is 0 Å². The van der Waals surface area contributed by atoms with E-state index in [9.17, 15) is 4.79 Å². The lowest BCUT2D eigenvalue weighted by Crippen LogP contribution is -2.25. The Labute approximate surface area is 109 Å².